The maximum absolute atomic E-state index is 12.0. The largest absolute Gasteiger partial charge is 0.354 e. The molecule has 9 heteroatoms. The van der Waals surface area contributed by atoms with Gasteiger partial charge in [0.25, 0.3) is 0 Å². The van der Waals surface area contributed by atoms with Crippen LogP contribution in [0.5, 0.6) is 0 Å². The Balaban J connectivity index is 1.39. The van der Waals surface area contributed by atoms with Crippen LogP contribution in [0.25, 0.3) is 11.0 Å². The van der Waals surface area contributed by atoms with E-state index in [1.54, 1.807) is 10.9 Å². The SMILES string of the molecule is Cc1nc(N2CCC(n3cc(N4CCCC4=O)cn3)C2)c2cnn(C)c2n1. The lowest BCUT2D eigenvalue weighted by atomic mass is 10.3. The van der Waals surface area contributed by atoms with E-state index in [2.05, 4.69) is 25.1 Å². The molecule has 140 valence electrons. The van der Waals surface area contributed by atoms with Gasteiger partial charge in [0.05, 0.1) is 29.5 Å². The van der Waals surface area contributed by atoms with Crippen molar-refractivity contribution >= 4 is 28.4 Å². The summed E-state index contributed by atoms with van der Waals surface area (Å²) in [7, 11) is 1.90. The van der Waals surface area contributed by atoms with Gasteiger partial charge in [-0.2, -0.15) is 10.2 Å². The van der Waals surface area contributed by atoms with Crippen LogP contribution < -0.4 is 9.80 Å². The number of aromatic nitrogens is 6. The van der Waals surface area contributed by atoms with Gasteiger partial charge in [-0.15, -0.1) is 0 Å². The summed E-state index contributed by atoms with van der Waals surface area (Å²) in [6, 6.07) is 0.262. The van der Waals surface area contributed by atoms with Crippen molar-refractivity contribution in [3.63, 3.8) is 0 Å². The first-order valence-corrected chi connectivity index (χ1v) is 9.36. The highest BCUT2D eigenvalue weighted by Gasteiger charge is 2.29. The van der Waals surface area contributed by atoms with Gasteiger partial charge in [0, 0.05) is 39.3 Å². The number of hydrogen-bond donors (Lipinski definition) is 0. The number of hydrogen-bond acceptors (Lipinski definition) is 6. The van der Waals surface area contributed by atoms with Gasteiger partial charge < -0.3 is 9.80 Å². The number of amides is 1. The molecule has 0 aromatic carbocycles. The number of carbonyl (C=O) groups is 1. The predicted octanol–water partition coefficient (Wildman–Crippen LogP) is 1.45. The van der Waals surface area contributed by atoms with Gasteiger partial charge >= 0.3 is 0 Å². The van der Waals surface area contributed by atoms with Crippen molar-refractivity contribution in [2.24, 2.45) is 7.05 Å². The third-order valence-corrected chi connectivity index (χ3v) is 5.49. The molecule has 27 heavy (non-hydrogen) atoms. The summed E-state index contributed by atoms with van der Waals surface area (Å²) in [5.74, 6) is 1.88. The fraction of sp³-hybridized carbons (Fsp3) is 0.500. The third-order valence-electron chi connectivity index (χ3n) is 5.49. The van der Waals surface area contributed by atoms with Crippen molar-refractivity contribution < 1.29 is 4.79 Å². The van der Waals surface area contributed by atoms with Crippen LogP contribution in [0, 0.1) is 6.92 Å². The first kappa shape index (κ1) is 16.2. The summed E-state index contributed by atoms with van der Waals surface area (Å²) < 4.78 is 3.78. The highest BCUT2D eigenvalue weighted by Crippen LogP contribution is 2.31. The summed E-state index contributed by atoms with van der Waals surface area (Å²) in [5, 5.41) is 9.85. The Bertz CT molecular complexity index is 1020. The van der Waals surface area contributed by atoms with Crippen molar-refractivity contribution in [3.05, 3.63) is 24.4 Å². The molecule has 1 unspecified atom stereocenters. The third kappa shape index (κ3) is 2.65. The molecule has 0 spiro atoms. The van der Waals surface area contributed by atoms with Crippen molar-refractivity contribution in [1.82, 2.24) is 29.5 Å². The Morgan fingerprint density at radius 2 is 2.04 bits per heavy atom. The van der Waals surface area contributed by atoms with E-state index in [1.165, 1.54) is 0 Å². The zero-order chi connectivity index (χ0) is 18.5. The van der Waals surface area contributed by atoms with Crippen molar-refractivity contribution in [2.45, 2.75) is 32.2 Å². The Labute approximate surface area is 156 Å². The molecule has 1 amide bonds. The van der Waals surface area contributed by atoms with Crippen LogP contribution in [0.4, 0.5) is 11.5 Å². The van der Waals surface area contributed by atoms with E-state index in [1.807, 2.05) is 35.9 Å². The smallest absolute Gasteiger partial charge is 0.227 e. The summed E-state index contributed by atoms with van der Waals surface area (Å²) in [4.78, 5) is 25.3. The van der Waals surface area contributed by atoms with E-state index < -0.39 is 0 Å². The van der Waals surface area contributed by atoms with Crippen LogP contribution in [0.15, 0.2) is 18.6 Å². The number of anilines is 2. The summed E-state index contributed by atoms with van der Waals surface area (Å²) in [5.41, 5.74) is 1.76. The monoisotopic (exact) mass is 366 g/mol. The molecule has 2 aliphatic heterocycles. The average molecular weight is 366 g/mol. The minimum atomic E-state index is 0.193. The van der Waals surface area contributed by atoms with Crippen LogP contribution in [0.3, 0.4) is 0 Å². The number of aryl methyl sites for hydroxylation is 2. The quantitative estimate of drug-likeness (QED) is 0.697. The Morgan fingerprint density at radius 3 is 2.85 bits per heavy atom. The standard InChI is InChI=1S/C18H22N8O/c1-12-21-17-15(9-19-23(17)2)18(22-12)24-7-5-13(10-24)26-11-14(8-20-26)25-6-3-4-16(25)27/h8-9,11,13H,3-7,10H2,1-2H3. The van der Waals surface area contributed by atoms with Crippen molar-refractivity contribution in [3.8, 4) is 0 Å². The molecule has 0 saturated carbocycles. The fourth-order valence-electron chi connectivity index (χ4n) is 4.09. The van der Waals surface area contributed by atoms with Gasteiger partial charge in [0.2, 0.25) is 5.91 Å². The molecule has 5 rings (SSSR count). The molecule has 9 nitrogen and oxygen atoms in total. The zero-order valence-electron chi connectivity index (χ0n) is 15.5. The molecule has 0 N–H and O–H groups in total. The van der Waals surface area contributed by atoms with Gasteiger partial charge in [0.1, 0.15) is 11.6 Å². The second-order valence-corrected chi connectivity index (χ2v) is 7.32. The van der Waals surface area contributed by atoms with Crippen LogP contribution in [-0.4, -0.2) is 55.1 Å². The maximum atomic E-state index is 12.0. The minimum Gasteiger partial charge on any atom is -0.354 e. The van der Waals surface area contributed by atoms with Gasteiger partial charge in [-0.1, -0.05) is 0 Å². The molecular weight excluding hydrogens is 344 g/mol. The second kappa shape index (κ2) is 6.04. The molecule has 1 atom stereocenters. The summed E-state index contributed by atoms with van der Waals surface area (Å²) in [6.07, 6.45) is 8.19. The molecule has 0 bridgehead atoms. The second-order valence-electron chi connectivity index (χ2n) is 7.32. The molecule has 2 fully saturated rings. The topological polar surface area (TPSA) is 85.0 Å². The van der Waals surface area contributed by atoms with Gasteiger partial charge in [-0.3, -0.25) is 14.2 Å². The molecule has 0 aliphatic carbocycles. The van der Waals surface area contributed by atoms with E-state index in [4.69, 9.17) is 0 Å². The number of carbonyl (C=O) groups excluding carboxylic acids is 1. The molecule has 2 saturated heterocycles. The van der Waals surface area contributed by atoms with Crippen LogP contribution in [0.1, 0.15) is 31.1 Å². The Kier molecular flexibility index (Phi) is 3.63. The lowest BCUT2D eigenvalue weighted by Crippen LogP contribution is -2.24. The summed E-state index contributed by atoms with van der Waals surface area (Å²) in [6.45, 7) is 4.44. The van der Waals surface area contributed by atoms with Gasteiger partial charge in [0.15, 0.2) is 5.65 Å². The summed E-state index contributed by atoms with van der Waals surface area (Å²) >= 11 is 0. The van der Waals surface area contributed by atoms with Gasteiger partial charge in [-0.05, 0) is 19.8 Å². The van der Waals surface area contributed by atoms with Crippen LogP contribution in [-0.2, 0) is 11.8 Å². The zero-order valence-corrected chi connectivity index (χ0v) is 15.5. The Hall–Kier alpha value is -2.97. The molecule has 0 radical (unpaired) electrons. The molecule has 3 aromatic heterocycles. The lowest BCUT2D eigenvalue weighted by Gasteiger charge is -2.19. The average Bonchev–Trinajstić information content (AvgIpc) is 3.41. The minimum absolute atomic E-state index is 0.193. The van der Waals surface area contributed by atoms with Crippen LogP contribution >= 0.6 is 0 Å². The lowest BCUT2D eigenvalue weighted by molar-refractivity contribution is -0.117. The fourth-order valence-corrected chi connectivity index (χ4v) is 4.09. The van der Waals surface area contributed by atoms with Crippen LogP contribution in [0.2, 0.25) is 0 Å². The number of fused-ring (bicyclic) bond motifs is 1. The number of rotatable bonds is 3. The molecule has 3 aromatic rings. The highest BCUT2D eigenvalue weighted by molar-refractivity contribution is 5.95. The first-order chi connectivity index (χ1) is 13.1. The number of nitrogens with zero attached hydrogens (tertiary/aromatic N) is 8. The van der Waals surface area contributed by atoms with Crippen molar-refractivity contribution in [2.75, 3.05) is 29.4 Å². The van der Waals surface area contributed by atoms with Crippen molar-refractivity contribution in [1.29, 1.82) is 0 Å². The van der Waals surface area contributed by atoms with E-state index in [-0.39, 0.29) is 11.9 Å². The highest BCUT2D eigenvalue weighted by atomic mass is 16.2. The van der Waals surface area contributed by atoms with E-state index in [9.17, 15) is 4.79 Å². The van der Waals surface area contributed by atoms with E-state index in [0.717, 1.165) is 60.8 Å². The molecular formula is C18H22N8O. The van der Waals surface area contributed by atoms with E-state index in [0.29, 0.717) is 6.42 Å². The normalized spacial score (nSPS) is 20.4. The molecule has 5 heterocycles. The maximum Gasteiger partial charge on any atom is 0.227 e. The first-order valence-electron chi connectivity index (χ1n) is 9.36. The van der Waals surface area contributed by atoms with Gasteiger partial charge in [-0.25, -0.2) is 9.97 Å². The molecule has 2 aliphatic rings. The predicted molar refractivity (Wildman–Crippen MR) is 101 cm³/mol. The Morgan fingerprint density at radius 1 is 1.15 bits per heavy atom. The van der Waals surface area contributed by atoms with E-state index >= 15 is 0 Å².